The van der Waals surface area contributed by atoms with Crippen LogP contribution in [0.5, 0.6) is 0 Å². The first-order valence-electron chi connectivity index (χ1n) is 8.43. The third kappa shape index (κ3) is 3.15. The predicted molar refractivity (Wildman–Crippen MR) is 96.0 cm³/mol. The van der Waals surface area contributed by atoms with Crippen LogP contribution in [0.2, 0.25) is 0 Å². The number of piperidine rings is 1. The fraction of sp³-hybridized carbons (Fsp3) is 0.350. The van der Waals surface area contributed by atoms with E-state index in [4.69, 9.17) is 0 Å². The van der Waals surface area contributed by atoms with Crippen molar-refractivity contribution in [1.82, 2.24) is 4.90 Å². The van der Waals surface area contributed by atoms with Crippen molar-refractivity contribution in [2.45, 2.75) is 18.4 Å². The zero-order chi connectivity index (χ0) is 17.0. The molecule has 0 aromatic heterocycles. The summed E-state index contributed by atoms with van der Waals surface area (Å²) in [6, 6.07) is 19.2. The smallest absolute Gasteiger partial charge is 0.334 e. The van der Waals surface area contributed by atoms with Crippen molar-refractivity contribution in [2.75, 3.05) is 25.5 Å². The summed E-state index contributed by atoms with van der Waals surface area (Å²) < 4.78 is 0. The Morgan fingerprint density at radius 1 is 1.12 bits per heavy atom. The molecule has 4 nitrogen and oxygen atoms in total. The van der Waals surface area contributed by atoms with Crippen LogP contribution in [0.25, 0.3) is 0 Å². The SMILES string of the molecule is CN1CCC[C@@H](C(Nc2ccccc2)(C(=O)O)c2ccccc2)C1. The molecule has 24 heavy (non-hydrogen) atoms. The van der Waals surface area contributed by atoms with Crippen LogP contribution in [-0.2, 0) is 10.3 Å². The Hall–Kier alpha value is -2.33. The summed E-state index contributed by atoms with van der Waals surface area (Å²) in [4.78, 5) is 14.8. The van der Waals surface area contributed by atoms with Crippen LogP contribution < -0.4 is 5.32 Å². The topological polar surface area (TPSA) is 52.6 Å². The molecule has 0 aliphatic carbocycles. The van der Waals surface area contributed by atoms with E-state index in [1.807, 2.05) is 60.7 Å². The highest BCUT2D eigenvalue weighted by Gasteiger charge is 2.48. The van der Waals surface area contributed by atoms with Gasteiger partial charge in [-0.1, -0.05) is 48.5 Å². The fourth-order valence-electron chi connectivity index (χ4n) is 3.73. The molecule has 3 rings (SSSR count). The van der Waals surface area contributed by atoms with Gasteiger partial charge in [0.05, 0.1) is 0 Å². The number of likely N-dealkylation sites (tertiary alicyclic amines) is 1. The van der Waals surface area contributed by atoms with E-state index < -0.39 is 11.5 Å². The molecular formula is C20H24N2O2. The van der Waals surface area contributed by atoms with E-state index >= 15 is 0 Å². The zero-order valence-electron chi connectivity index (χ0n) is 14.0. The van der Waals surface area contributed by atoms with Gasteiger partial charge in [0.25, 0.3) is 0 Å². The van der Waals surface area contributed by atoms with Crippen molar-refractivity contribution < 1.29 is 9.90 Å². The van der Waals surface area contributed by atoms with Crippen molar-refractivity contribution in [3.05, 3.63) is 66.2 Å². The molecule has 1 saturated heterocycles. The lowest BCUT2D eigenvalue weighted by atomic mass is 9.73. The van der Waals surface area contributed by atoms with Gasteiger partial charge in [0.1, 0.15) is 0 Å². The van der Waals surface area contributed by atoms with Crippen LogP contribution >= 0.6 is 0 Å². The minimum absolute atomic E-state index is 0.00337. The third-order valence-electron chi connectivity index (χ3n) is 4.92. The number of carboxylic acid groups (broad SMARTS) is 1. The van der Waals surface area contributed by atoms with E-state index in [9.17, 15) is 9.90 Å². The average molecular weight is 324 g/mol. The number of aliphatic carboxylic acids is 1. The maximum atomic E-state index is 12.6. The first kappa shape index (κ1) is 16.5. The molecule has 1 unspecified atom stereocenters. The largest absolute Gasteiger partial charge is 0.479 e. The van der Waals surface area contributed by atoms with Crippen LogP contribution in [-0.4, -0.2) is 36.1 Å². The minimum Gasteiger partial charge on any atom is -0.479 e. The van der Waals surface area contributed by atoms with Gasteiger partial charge in [-0.3, -0.25) is 0 Å². The normalized spacial score (nSPS) is 21.0. The third-order valence-corrected chi connectivity index (χ3v) is 4.92. The predicted octanol–water partition coefficient (Wildman–Crippen LogP) is 3.42. The number of hydrogen-bond acceptors (Lipinski definition) is 3. The van der Waals surface area contributed by atoms with Crippen molar-refractivity contribution in [3.63, 3.8) is 0 Å². The van der Waals surface area contributed by atoms with Gasteiger partial charge in [0.2, 0.25) is 0 Å². The van der Waals surface area contributed by atoms with Crippen LogP contribution in [0, 0.1) is 5.92 Å². The summed E-state index contributed by atoms with van der Waals surface area (Å²) in [5.41, 5.74) is 0.510. The molecule has 2 N–H and O–H groups in total. The number of nitrogens with zero attached hydrogens (tertiary/aromatic N) is 1. The molecular weight excluding hydrogens is 300 g/mol. The molecule has 0 bridgehead atoms. The molecule has 0 spiro atoms. The summed E-state index contributed by atoms with van der Waals surface area (Å²) in [5, 5.41) is 13.7. The lowest BCUT2D eigenvalue weighted by molar-refractivity contribution is -0.145. The van der Waals surface area contributed by atoms with Gasteiger partial charge >= 0.3 is 5.97 Å². The van der Waals surface area contributed by atoms with Crippen molar-refractivity contribution >= 4 is 11.7 Å². The van der Waals surface area contributed by atoms with Gasteiger partial charge in [-0.25, -0.2) is 4.79 Å². The van der Waals surface area contributed by atoms with Crippen LogP contribution in [0.1, 0.15) is 18.4 Å². The van der Waals surface area contributed by atoms with E-state index in [0.29, 0.717) is 0 Å². The van der Waals surface area contributed by atoms with E-state index in [0.717, 1.165) is 37.2 Å². The molecule has 0 radical (unpaired) electrons. The van der Waals surface area contributed by atoms with E-state index in [1.165, 1.54) is 0 Å². The van der Waals surface area contributed by atoms with Gasteiger partial charge in [0.15, 0.2) is 5.54 Å². The Kier molecular flexibility index (Phi) is 4.86. The second kappa shape index (κ2) is 7.05. The molecule has 0 amide bonds. The van der Waals surface area contributed by atoms with Gasteiger partial charge in [-0.15, -0.1) is 0 Å². The summed E-state index contributed by atoms with van der Waals surface area (Å²) in [6.07, 6.45) is 1.91. The summed E-state index contributed by atoms with van der Waals surface area (Å²) in [7, 11) is 2.06. The Bertz CT molecular complexity index is 675. The first-order valence-corrected chi connectivity index (χ1v) is 8.43. The zero-order valence-corrected chi connectivity index (χ0v) is 14.0. The summed E-state index contributed by atoms with van der Waals surface area (Å²) >= 11 is 0. The molecule has 1 aliphatic heterocycles. The number of benzene rings is 2. The van der Waals surface area contributed by atoms with E-state index in [-0.39, 0.29) is 5.92 Å². The Balaban J connectivity index is 2.08. The highest BCUT2D eigenvalue weighted by molar-refractivity contribution is 5.85. The van der Waals surface area contributed by atoms with Crippen LogP contribution in [0.15, 0.2) is 60.7 Å². The number of carboxylic acids is 1. The molecule has 2 aromatic rings. The molecule has 1 fully saturated rings. The van der Waals surface area contributed by atoms with Gasteiger partial charge in [-0.2, -0.15) is 0 Å². The molecule has 0 saturated carbocycles. The number of carbonyl (C=O) groups is 1. The number of rotatable bonds is 5. The number of anilines is 1. The van der Waals surface area contributed by atoms with Crippen molar-refractivity contribution in [2.24, 2.45) is 5.92 Å². The molecule has 4 heteroatoms. The lowest BCUT2D eigenvalue weighted by Crippen LogP contribution is -2.54. The maximum absolute atomic E-state index is 12.6. The Labute approximate surface area is 143 Å². The Morgan fingerprint density at radius 2 is 1.75 bits per heavy atom. The molecule has 126 valence electrons. The molecule has 2 atom stereocenters. The Morgan fingerprint density at radius 3 is 2.33 bits per heavy atom. The number of nitrogens with one attached hydrogen (secondary N) is 1. The fourth-order valence-corrected chi connectivity index (χ4v) is 3.73. The maximum Gasteiger partial charge on any atom is 0.334 e. The molecule has 1 heterocycles. The van der Waals surface area contributed by atoms with Crippen molar-refractivity contribution in [1.29, 1.82) is 0 Å². The van der Waals surface area contributed by atoms with Crippen molar-refractivity contribution in [3.8, 4) is 0 Å². The standard InChI is InChI=1S/C20H24N2O2/c1-22-14-8-11-17(15-22)20(19(23)24,16-9-4-2-5-10-16)21-18-12-6-3-7-13-18/h2-7,9-10,12-13,17,21H,8,11,14-15H2,1H3,(H,23,24)/t17-,20?/m1/s1. The lowest BCUT2D eigenvalue weighted by Gasteiger charge is -2.43. The van der Waals surface area contributed by atoms with Crippen LogP contribution in [0.4, 0.5) is 5.69 Å². The second-order valence-corrected chi connectivity index (χ2v) is 6.57. The van der Waals surface area contributed by atoms with E-state index in [2.05, 4.69) is 17.3 Å². The summed E-state index contributed by atoms with van der Waals surface area (Å²) in [5.74, 6) is -0.825. The van der Waals surface area contributed by atoms with Gasteiger partial charge in [-0.05, 0) is 44.1 Å². The minimum atomic E-state index is -1.13. The van der Waals surface area contributed by atoms with Gasteiger partial charge < -0.3 is 15.3 Å². The quantitative estimate of drug-likeness (QED) is 0.885. The first-order chi connectivity index (χ1) is 11.6. The average Bonchev–Trinajstić information content (AvgIpc) is 2.61. The number of para-hydroxylation sites is 1. The monoisotopic (exact) mass is 324 g/mol. The van der Waals surface area contributed by atoms with Crippen LogP contribution in [0.3, 0.4) is 0 Å². The van der Waals surface area contributed by atoms with Gasteiger partial charge in [0, 0.05) is 18.2 Å². The molecule has 1 aliphatic rings. The highest BCUT2D eigenvalue weighted by Crippen LogP contribution is 2.39. The number of hydrogen-bond donors (Lipinski definition) is 2. The second-order valence-electron chi connectivity index (χ2n) is 6.57. The highest BCUT2D eigenvalue weighted by atomic mass is 16.4. The van der Waals surface area contributed by atoms with E-state index in [1.54, 1.807) is 0 Å². The summed E-state index contributed by atoms with van der Waals surface area (Å²) in [6.45, 7) is 1.79. The molecule has 2 aromatic carbocycles.